The normalized spacial score (nSPS) is 12.1. The summed E-state index contributed by atoms with van der Waals surface area (Å²) in [5.41, 5.74) is 8.40. The highest BCUT2D eigenvalue weighted by molar-refractivity contribution is 6.02. The molecule has 5 aromatic rings. The van der Waals surface area contributed by atoms with Crippen LogP contribution in [0.15, 0.2) is 82.3 Å². The van der Waals surface area contributed by atoms with E-state index in [-0.39, 0.29) is 18.3 Å². The lowest BCUT2D eigenvalue weighted by atomic mass is 10.1. The molecule has 9 nitrogen and oxygen atoms in total. The van der Waals surface area contributed by atoms with Crippen LogP contribution in [0.2, 0.25) is 0 Å². The molecule has 3 heterocycles. The number of benzene rings is 2. The number of esters is 1. The summed E-state index contributed by atoms with van der Waals surface area (Å²) in [5.74, 6) is 0.490. The second-order valence-corrected chi connectivity index (χ2v) is 9.78. The highest BCUT2D eigenvalue weighted by Crippen LogP contribution is 2.28. The fourth-order valence-corrected chi connectivity index (χ4v) is 5.06. The number of methoxy groups -OCH3 is 1. The SMILES string of the molecule is COC(=O)[C@@H](C)n1c(C)c(/C=N/NC(=O)c2ccc(COc3ccc(-n4c(C)ccc4C)cc3)o2)c2ccccc21. The number of nitrogens with one attached hydrogen (secondary N) is 1. The largest absolute Gasteiger partial charge is 0.486 e. The number of hydrogen-bond acceptors (Lipinski definition) is 6. The molecular weight excluding hydrogens is 520 g/mol. The molecule has 0 aliphatic carbocycles. The van der Waals surface area contributed by atoms with Gasteiger partial charge in [0.2, 0.25) is 0 Å². The van der Waals surface area contributed by atoms with E-state index in [2.05, 4.69) is 41.1 Å². The average molecular weight is 553 g/mol. The molecule has 0 saturated heterocycles. The molecule has 0 aliphatic heterocycles. The summed E-state index contributed by atoms with van der Waals surface area (Å²) in [6.07, 6.45) is 1.57. The zero-order valence-corrected chi connectivity index (χ0v) is 23.7. The molecule has 1 atom stereocenters. The van der Waals surface area contributed by atoms with Crippen LogP contribution in [-0.2, 0) is 16.1 Å². The van der Waals surface area contributed by atoms with Gasteiger partial charge >= 0.3 is 11.9 Å². The summed E-state index contributed by atoms with van der Waals surface area (Å²) in [7, 11) is 1.37. The number of amides is 1. The fourth-order valence-electron chi connectivity index (χ4n) is 5.06. The van der Waals surface area contributed by atoms with Gasteiger partial charge in [-0.3, -0.25) is 4.79 Å². The number of ether oxygens (including phenoxy) is 2. The molecule has 0 unspecified atom stereocenters. The zero-order chi connectivity index (χ0) is 29.1. The van der Waals surface area contributed by atoms with Gasteiger partial charge in [0.05, 0.1) is 13.3 Å². The number of rotatable bonds is 9. The van der Waals surface area contributed by atoms with Crippen molar-refractivity contribution in [3.05, 3.63) is 107 Å². The Hall–Kier alpha value is -5.05. The third kappa shape index (κ3) is 5.51. The monoisotopic (exact) mass is 552 g/mol. The lowest BCUT2D eigenvalue weighted by Gasteiger charge is -2.15. The molecular formula is C32H32N4O5. The Kier molecular flexibility index (Phi) is 7.78. The second kappa shape index (κ2) is 11.6. The minimum Gasteiger partial charge on any atom is -0.486 e. The van der Waals surface area contributed by atoms with Crippen molar-refractivity contribution in [2.24, 2.45) is 5.10 Å². The first-order valence-electron chi connectivity index (χ1n) is 13.3. The van der Waals surface area contributed by atoms with Gasteiger partial charge in [-0.15, -0.1) is 0 Å². The van der Waals surface area contributed by atoms with Gasteiger partial charge in [-0.25, -0.2) is 10.2 Å². The molecule has 0 radical (unpaired) electrons. The number of hydrazone groups is 1. The van der Waals surface area contributed by atoms with Crippen molar-refractivity contribution in [3.8, 4) is 11.4 Å². The van der Waals surface area contributed by atoms with Crippen LogP contribution < -0.4 is 10.2 Å². The third-order valence-corrected chi connectivity index (χ3v) is 7.13. The summed E-state index contributed by atoms with van der Waals surface area (Å²) in [6, 6.07) is 22.5. The molecule has 210 valence electrons. The lowest BCUT2D eigenvalue weighted by molar-refractivity contribution is -0.143. The van der Waals surface area contributed by atoms with E-state index < -0.39 is 11.9 Å². The summed E-state index contributed by atoms with van der Waals surface area (Å²) in [4.78, 5) is 24.9. The second-order valence-electron chi connectivity index (χ2n) is 9.78. The van der Waals surface area contributed by atoms with Crippen LogP contribution >= 0.6 is 0 Å². The van der Waals surface area contributed by atoms with Gasteiger partial charge in [0, 0.05) is 39.2 Å². The Morgan fingerprint density at radius 3 is 2.39 bits per heavy atom. The van der Waals surface area contributed by atoms with E-state index in [1.807, 2.05) is 60.0 Å². The van der Waals surface area contributed by atoms with Crippen molar-refractivity contribution in [2.45, 2.75) is 40.3 Å². The van der Waals surface area contributed by atoms with Crippen LogP contribution in [0, 0.1) is 20.8 Å². The number of hydrogen-bond donors (Lipinski definition) is 1. The molecule has 0 bridgehead atoms. The van der Waals surface area contributed by atoms with Crippen LogP contribution in [0.5, 0.6) is 5.75 Å². The predicted octanol–water partition coefficient (Wildman–Crippen LogP) is 6.03. The molecule has 0 fully saturated rings. The van der Waals surface area contributed by atoms with Crippen LogP contribution in [0.3, 0.4) is 0 Å². The van der Waals surface area contributed by atoms with Crippen molar-refractivity contribution in [1.82, 2.24) is 14.6 Å². The van der Waals surface area contributed by atoms with Crippen molar-refractivity contribution >= 4 is 29.0 Å². The minimum atomic E-state index is -0.517. The van der Waals surface area contributed by atoms with E-state index in [9.17, 15) is 9.59 Å². The van der Waals surface area contributed by atoms with E-state index in [0.717, 1.165) is 39.2 Å². The van der Waals surface area contributed by atoms with Gasteiger partial charge in [-0.2, -0.15) is 5.10 Å². The Balaban J connectivity index is 1.22. The first kappa shape index (κ1) is 27.5. The minimum absolute atomic E-state index is 0.119. The van der Waals surface area contributed by atoms with Crippen molar-refractivity contribution < 1.29 is 23.5 Å². The van der Waals surface area contributed by atoms with Gasteiger partial charge < -0.3 is 23.0 Å². The lowest BCUT2D eigenvalue weighted by Crippen LogP contribution is -2.19. The zero-order valence-electron chi connectivity index (χ0n) is 23.7. The van der Waals surface area contributed by atoms with Crippen LogP contribution in [0.1, 0.15) is 51.9 Å². The van der Waals surface area contributed by atoms with Gasteiger partial charge in [-0.1, -0.05) is 18.2 Å². The molecule has 2 aromatic carbocycles. The number of nitrogens with zero attached hydrogens (tertiary/aromatic N) is 3. The van der Waals surface area contributed by atoms with E-state index >= 15 is 0 Å². The van der Waals surface area contributed by atoms with Crippen LogP contribution in [0.25, 0.3) is 16.6 Å². The molecule has 0 saturated carbocycles. The van der Waals surface area contributed by atoms with E-state index in [0.29, 0.717) is 11.5 Å². The quantitative estimate of drug-likeness (QED) is 0.137. The molecule has 5 rings (SSSR count). The van der Waals surface area contributed by atoms with Crippen molar-refractivity contribution in [3.63, 3.8) is 0 Å². The highest BCUT2D eigenvalue weighted by atomic mass is 16.5. The number of fused-ring (bicyclic) bond motifs is 1. The maximum atomic E-state index is 12.7. The third-order valence-electron chi connectivity index (χ3n) is 7.13. The van der Waals surface area contributed by atoms with Crippen molar-refractivity contribution in [2.75, 3.05) is 7.11 Å². The summed E-state index contributed by atoms with van der Waals surface area (Å²) < 4.78 is 20.6. The molecule has 9 heteroatoms. The topological polar surface area (TPSA) is 100.0 Å². The van der Waals surface area contributed by atoms with Crippen LogP contribution in [0.4, 0.5) is 0 Å². The molecule has 3 aromatic heterocycles. The predicted molar refractivity (Wildman–Crippen MR) is 157 cm³/mol. The summed E-state index contributed by atoms with van der Waals surface area (Å²) >= 11 is 0. The Labute approximate surface area is 238 Å². The molecule has 1 N–H and O–H groups in total. The highest BCUT2D eigenvalue weighted by Gasteiger charge is 2.22. The molecule has 41 heavy (non-hydrogen) atoms. The molecule has 1 amide bonds. The number of carbonyl (C=O) groups is 2. The Morgan fingerprint density at radius 2 is 1.68 bits per heavy atom. The number of para-hydroxylation sites is 1. The Morgan fingerprint density at radius 1 is 0.976 bits per heavy atom. The van der Waals surface area contributed by atoms with Gasteiger partial charge in [0.25, 0.3) is 0 Å². The van der Waals surface area contributed by atoms with E-state index in [1.165, 1.54) is 7.11 Å². The first-order chi connectivity index (χ1) is 19.8. The fraction of sp³-hybridized carbons (Fsp3) is 0.219. The smallest absolute Gasteiger partial charge is 0.328 e. The first-order valence-corrected chi connectivity index (χ1v) is 13.3. The number of carbonyl (C=O) groups excluding carboxylic acids is 2. The number of aryl methyl sites for hydroxylation is 2. The maximum Gasteiger partial charge on any atom is 0.328 e. The molecule has 0 aliphatic rings. The molecule has 0 spiro atoms. The van der Waals surface area contributed by atoms with Gasteiger partial charge in [0.15, 0.2) is 5.76 Å². The van der Waals surface area contributed by atoms with E-state index in [4.69, 9.17) is 13.9 Å². The van der Waals surface area contributed by atoms with Gasteiger partial charge in [0.1, 0.15) is 24.2 Å². The summed E-state index contributed by atoms with van der Waals surface area (Å²) in [6.45, 7) is 8.00. The number of furan rings is 1. The Bertz CT molecular complexity index is 1720. The standard InChI is InChI=1S/C32H32N4O5/c1-20-10-11-21(2)35(20)24-12-14-25(15-13-24)40-19-26-16-17-30(41-26)31(37)34-33-18-28-22(3)36(23(4)32(38)39-5)29-9-7-6-8-27(28)29/h6-18,23H,19H2,1-5H3,(H,34,37)/b33-18+/t23-/m1/s1. The van der Waals surface area contributed by atoms with E-state index in [1.54, 1.807) is 25.3 Å². The average Bonchev–Trinajstić information content (AvgIpc) is 3.67. The number of aromatic nitrogens is 2. The van der Waals surface area contributed by atoms with Crippen molar-refractivity contribution in [1.29, 1.82) is 0 Å². The van der Waals surface area contributed by atoms with Gasteiger partial charge in [-0.05, 0) is 82.3 Å². The van der Waals surface area contributed by atoms with Crippen LogP contribution in [-0.4, -0.2) is 34.3 Å². The summed E-state index contributed by atoms with van der Waals surface area (Å²) in [5, 5.41) is 5.07. The maximum absolute atomic E-state index is 12.7.